The molecule has 140 valence electrons. The second kappa shape index (κ2) is 10.4. The third-order valence-corrected chi connectivity index (χ3v) is 4.59. The van der Waals surface area contributed by atoms with Crippen LogP contribution in [0.1, 0.15) is 29.7 Å². The highest BCUT2D eigenvalue weighted by atomic mass is 35.5. The Labute approximate surface area is 160 Å². The summed E-state index contributed by atoms with van der Waals surface area (Å²) in [5.74, 6) is 0. The minimum absolute atomic E-state index is 0.219. The van der Waals surface area contributed by atoms with Crippen molar-refractivity contribution in [2.24, 2.45) is 0 Å². The Morgan fingerprint density at radius 3 is 2.77 bits per heavy atom. The highest BCUT2D eigenvalue weighted by Gasteiger charge is 2.27. The van der Waals surface area contributed by atoms with Gasteiger partial charge in [0.15, 0.2) is 0 Å². The first-order chi connectivity index (χ1) is 12.5. The molecule has 0 bridgehead atoms. The van der Waals surface area contributed by atoms with Crippen molar-refractivity contribution in [3.8, 4) is 0 Å². The maximum Gasteiger partial charge on any atom is 0.134 e. The van der Waals surface area contributed by atoms with Gasteiger partial charge in [-0.05, 0) is 37.6 Å². The van der Waals surface area contributed by atoms with Crippen LogP contribution in [-0.2, 0) is 11.2 Å². The molecule has 2 heterocycles. The molecule has 0 saturated heterocycles. The lowest BCUT2D eigenvalue weighted by atomic mass is 9.89. The number of pyridine rings is 1. The van der Waals surface area contributed by atoms with Crippen molar-refractivity contribution in [1.82, 2.24) is 15.2 Å². The van der Waals surface area contributed by atoms with Crippen molar-refractivity contribution >= 4 is 17.9 Å². The summed E-state index contributed by atoms with van der Waals surface area (Å²) in [5, 5.41) is 11.9. The minimum atomic E-state index is -0.366. The monoisotopic (exact) mass is 375 g/mol. The van der Waals surface area contributed by atoms with Crippen LogP contribution in [0.3, 0.4) is 0 Å². The lowest BCUT2D eigenvalue weighted by Crippen LogP contribution is -2.33. The van der Waals surface area contributed by atoms with Gasteiger partial charge in [0.05, 0.1) is 18.7 Å². The summed E-state index contributed by atoms with van der Waals surface area (Å²) < 4.78 is 0. The molecule has 0 saturated carbocycles. The number of aldehydes is 1. The van der Waals surface area contributed by atoms with E-state index in [1.165, 1.54) is 11.1 Å². The van der Waals surface area contributed by atoms with E-state index in [9.17, 15) is 4.79 Å². The van der Waals surface area contributed by atoms with Gasteiger partial charge < -0.3 is 15.2 Å². The number of rotatable bonds is 5. The number of aliphatic hydroxyl groups excluding tert-OH is 1. The number of hydrogen-bond acceptors (Lipinski definition) is 5. The number of carbonyl (C=O) groups excluding carboxylic acids is 1. The van der Waals surface area contributed by atoms with Crippen molar-refractivity contribution in [3.05, 3.63) is 64.4 Å². The lowest BCUT2D eigenvalue weighted by Gasteiger charge is -2.35. The molecule has 3 rings (SSSR count). The van der Waals surface area contributed by atoms with Crippen LogP contribution >= 0.6 is 11.6 Å². The number of fused-ring (bicyclic) bond motifs is 1. The lowest BCUT2D eigenvalue weighted by molar-refractivity contribution is -0.107. The van der Waals surface area contributed by atoms with Crippen molar-refractivity contribution in [2.75, 3.05) is 26.7 Å². The molecule has 2 unspecified atom stereocenters. The van der Waals surface area contributed by atoms with Crippen LogP contribution in [0.25, 0.3) is 0 Å². The SMILES string of the molecule is CC(O)CNCC=O.CN1CCc2ccccc2C1c1cccnc1Cl. The van der Waals surface area contributed by atoms with Crippen molar-refractivity contribution < 1.29 is 9.90 Å². The van der Waals surface area contributed by atoms with Crippen LogP contribution in [-0.4, -0.2) is 54.1 Å². The van der Waals surface area contributed by atoms with Crippen LogP contribution in [0, 0.1) is 0 Å². The molecule has 0 radical (unpaired) electrons. The average Bonchev–Trinajstić information content (AvgIpc) is 2.63. The quantitative estimate of drug-likeness (QED) is 0.477. The fourth-order valence-corrected chi connectivity index (χ4v) is 3.27. The largest absolute Gasteiger partial charge is 0.392 e. The molecule has 2 N–H and O–H groups in total. The summed E-state index contributed by atoms with van der Waals surface area (Å²) >= 11 is 6.25. The Kier molecular flexibility index (Phi) is 8.19. The smallest absolute Gasteiger partial charge is 0.134 e. The van der Waals surface area contributed by atoms with Crippen molar-refractivity contribution in [2.45, 2.75) is 25.5 Å². The molecule has 0 spiro atoms. The number of likely N-dealkylation sites (N-methyl/N-ethyl adjacent to an activating group) is 1. The van der Waals surface area contributed by atoms with E-state index in [0.29, 0.717) is 18.2 Å². The molecule has 1 aliphatic heterocycles. The molecule has 0 fully saturated rings. The van der Waals surface area contributed by atoms with E-state index < -0.39 is 0 Å². The zero-order chi connectivity index (χ0) is 18.9. The Morgan fingerprint density at radius 1 is 1.35 bits per heavy atom. The second-order valence-corrected chi connectivity index (χ2v) is 6.75. The van der Waals surface area contributed by atoms with Gasteiger partial charge in [0.25, 0.3) is 0 Å². The number of aliphatic hydroxyl groups is 1. The predicted octanol–water partition coefficient (Wildman–Crippen LogP) is 2.47. The zero-order valence-electron chi connectivity index (χ0n) is 15.2. The number of nitrogens with zero attached hydrogens (tertiary/aromatic N) is 2. The molecule has 1 aromatic carbocycles. The fraction of sp³-hybridized carbons (Fsp3) is 0.400. The summed E-state index contributed by atoms with van der Waals surface area (Å²) in [7, 11) is 2.14. The Hall–Kier alpha value is -1.79. The molecule has 26 heavy (non-hydrogen) atoms. The summed E-state index contributed by atoms with van der Waals surface area (Å²) in [5.41, 5.74) is 3.86. The minimum Gasteiger partial charge on any atom is -0.392 e. The molecule has 5 nitrogen and oxygen atoms in total. The molecule has 0 aliphatic carbocycles. The average molecular weight is 376 g/mol. The molecular weight excluding hydrogens is 350 g/mol. The molecule has 6 heteroatoms. The molecular formula is C20H26ClN3O2. The van der Waals surface area contributed by atoms with Crippen LogP contribution in [0.2, 0.25) is 5.15 Å². The molecule has 1 aromatic heterocycles. The Balaban J connectivity index is 0.000000260. The number of halogens is 1. The molecule has 2 atom stereocenters. The molecule has 0 amide bonds. The summed E-state index contributed by atoms with van der Waals surface area (Å²) in [6, 6.07) is 12.8. The summed E-state index contributed by atoms with van der Waals surface area (Å²) in [6.07, 6.45) is 3.24. The van der Waals surface area contributed by atoms with Gasteiger partial charge in [-0.25, -0.2) is 4.98 Å². The standard InChI is InChI=1S/C15H15ClN2.C5H11NO2/c1-18-10-8-11-5-2-3-6-12(11)14(18)13-7-4-9-17-15(13)16;1-5(8)4-6-2-3-7/h2-7,9,14H,8,10H2,1H3;3,5-6,8H,2,4H2,1H3. The van der Waals surface area contributed by atoms with Gasteiger partial charge in [0, 0.05) is 24.8 Å². The number of carbonyl (C=O) groups is 1. The van der Waals surface area contributed by atoms with Gasteiger partial charge in [-0.15, -0.1) is 0 Å². The van der Waals surface area contributed by atoms with Crippen molar-refractivity contribution in [3.63, 3.8) is 0 Å². The number of nitrogens with one attached hydrogen (secondary N) is 1. The van der Waals surface area contributed by atoms with E-state index in [1.807, 2.05) is 6.07 Å². The van der Waals surface area contributed by atoms with Gasteiger partial charge in [-0.1, -0.05) is 41.9 Å². The van der Waals surface area contributed by atoms with Crippen LogP contribution in [0.4, 0.5) is 0 Å². The van der Waals surface area contributed by atoms with Gasteiger partial charge in [0.1, 0.15) is 11.4 Å². The third kappa shape index (κ3) is 5.61. The topological polar surface area (TPSA) is 65.5 Å². The first-order valence-electron chi connectivity index (χ1n) is 8.75. The van der Waals surface area contributed by atoms with Gasteiger partial charge in [-0.3, -0.25) is 4.90 Å². The summed E-state index contributed by atoms with van der Waals surface area (Å²) in [4.78, 5) is 16.2. The molecule has 2 aromatic rings. The van der Waals surface area contributed by atoms with Gasteiger partial charge in [0.2, 0.25) is 0 Å². The maximum atomic E-state index is 9.64. The van der Waals surface area contributed by atoms with E-state index in [-0.39, 0.29) is 12.1 Å². The predicted molar refractivity (Wildman–Crippen MR) is 104 cm³/mol. The van der Waals surface area contributed by atoms with Gasteiger partial charge >= 0.3 is 0 Å². The number of benzene rings is 1. The van der Waals surface area contributed by atoms with Crippen LogP contribution in [0.15, 0.2) is 42.6 Å². The van der Waals surface area contributed by atoms with E-state index in [0.717, 1.165) is 24.8 Å². The summed E-state index contributed by atoms with van der Waals surface area (Å²) in [6.45, 7) is 3.52. The third-order valence-electron chi connectivity index (χ3n) is 4.27. The van der Waals surface area contributed by atoms with Crippen LogP contribution < -0.4 is 5.32 Å². The van der Waals surface area contributed by atoms with E-state index in [1.54, 1.807) is 13.1 Å². The Bertz CT molecular complexity index is 709. The van der Waals surface area contributed by atoms with E-state index >= 15 is 0 Å². The Morgan fingerprint density at radius 2 is 2.08 bits per heavy atom. The van der Waals surface area contributed by atoms with Crippen molar-refractivity contribution in [1.29, 1.82) is 0 Å². The van der Waals surface area contributed by atoms with Gasteiger partial charge in [-0.2, -0.15) is 0 Å². The first kappa shape index (κ1) is 20.5. The van der Waals surface area contributed by atoms with Crippen LogP contribution in [0.5, 0.6) is 0 Å². The second-order valence-electron chi connectivity index (χ2n) is 6.39. The number of hydrogen-bond donors (Lipinski definition) is 2. The molecule has 1 aliphatic rings. The van der Waals surface area contributed by atoms with E-state index in [2.05, 4.69) is 52.6 Å². The van der Waals surface area contributed by atoms with E-state index in [4.69, 9.17) is 16.7 Å². The highest BCUT2D eigenvalue weighted by molar-refractivity contribution is 6.30. The fourth-order valence-electron chi connectivity index (χ4n) is 3.05. The zero-order valence-corrected chi connectivity index (χ0v) is 16.0. The normalized spacial score (nSPS) is 17.6. The number of aromatic nitrogens is 1. The highest BCUT2D eigenvalue weighted by Crippen LogP contribution is 2.36. The first-order valence-corrected chi connectivity index (χ1v) is 9.13. The maximum absolute atomic E-state index is 9.64.